The summed E-state index contributed by atoms with van der Waals surface area (Å²) in [5.74, 6) is -2.66. The molecule has 15 nitrogen and oxygen atoms in total. The second-order valence-corrected chi connectivity index (χ2v) is 10.9. The van der Waals surface area contributed by atoms with Crippen LogP contribution in [0.25, 0.3) is 11.3 Å². The molecular formula is C27H41N9O6. The van der Waals surface area contributed by atoms with Gasteiger partial charge in [-0.25, -0.2) is 9.78 Å². The second-order valence-electron chi connectivity index (χ2n) is 10.9. The van der Waals surface area contributed by atoms with E-state index in [2.05, 4.69) is 41.1 Å². The van der Waals surface area contributed by atoms with Gasteiger partial charge in [-0.15, -0.1) is 5.10 Å². The molecule has 0 radical (unpaired) electrons. The molecule has 0 bridgehead atoms. The van der Waals surface area contributed by atoms with Crippen molar-refractivity contribution in [1.82, 2.24) is 45.8 Å². The largest absolute Gasteiger partial charge is 0.480 e. The summed E-state index contributed by atoms with van der Waals surface area (Å²) in [4.78, 5) is 69.6. The Labute approximate surface area is 243 Å². The molecule has 0 saturated carbocycles. The predicted octanol–water partition coefficient (Wildman–Crippen LogP) is -0.0989. The van der Waals surface area contributed by atoms with Crippen molar-refractivity contribution in [3.05, 3.63) is 29.1 Å². The number of carbonyl (C=O) groups excluding carboxylic acids is 3. The van der Waals surface area contributed by atoms with E-state index in [0.29, 0.717) is 50.2 Å². The maximum atomic E-state index is 13.4. The number of rotatable bonds is 15. The number of carboxylic acid groups (broad SMARTS) is 1. The molecule has 1 saturated heterocycles. The van der Waals surface area contributed by atoms with Gasteiger partial charge in [0.25, 0.3) is 0 Å². The highest BCUT2D eigenvalue weighted by Crippen LogP contribution is 2.23. The first-order valence-electron chi connectivity index (χ1n) is 14.3. The number of H-pyrrole nitrogens is 1. The minimum Gasteiger partial charge on any atom is -0.480 e. The third-order valence-corrected chi connectivity index (χ3v) is 7.42. The number of aromatic nitrogens is 5. The molecule has 42 heavy (non-hydrogen) atoms. The van der Waals surface area contributed by atoms with Crippen LogP contribution in [-0.4, -0.2) is 96.4 Å². The highest BCUT2D eigenvalue weighted by Gasteiger charge is 2.44. The van der Waals surface area contributed by atoms with E-state index in [1.165, 1.54) is 12.4 Å². The van der Waals surface area contributed by atoms with E-state index in [0.717, 1.165) is 19.4 Å². The molecule has 3 rings (SSSR count). The van der Waals surface area contributed by atoms with Gasteiger partial charge in [0.15, 0.2) is 0 Å². The highest BCUT2D eigenvalue weighted by atomic mass is 16.4. The van der Waals surface area contributed by atoms with Crippen LogP contribution in [0.3, 0.4) is 0 Å². The number of hydrogen-bond donors (Lipinski definition) is 5. The first kappa shape index (κ1) is 32.4. The molecule has 1 fully saturated rings. The van der Waals surface area contributed by atoms with Crippen molar-refractivity contribution in [1.29, 1.82) is 0 Å². The van der Waals surface area contributed by atoms with Crippen LogP contribution in [0.15, 0.2) is 23.4 Å². The molecule has 0 aliphatic carbocycles. The first-order chi connectivity index (χ1) is 20.0. The fraction of sp³-hybridized carbons (Fsp3) is 0.630. The maximum Gasteiger partial charge on any atom is 0.344 e. The standard InChI is InChI=1S/C27H41N9O6/c1-4-35-12-9-27(10-13-35,25(41)28-16-22(38)39)32-24(40)23(18(2)3)31-21(37)8-6-5-7-11-36-17-20(33-34-36)19-14-29-26(42)30-15-19/h14-15,17-18,23H,4-13,16H2,1-3H3,(H,28,41)(H,31,37)(H,32,40)(H,38,39)(H,29,30,42)/t23-/m0/s1. The van der Waals surface area contributed by atoms with E-state index < -0.39 is 41.6 Å². The van der Waals surface area contributed by atoms with Gasteiger partial charge < -0.3 is 30.9 Å². The number of nitrogens with one attached hydrogen (secondary N) is 4. The molecule has 1 atom stereocenters. The summed E-state index contributed by atoms with van der Waals surface area (Å²) in [5, 5.41) is 25.3. The molecule has 2 aromatic rings. The summed E-state index contributed by atoms with van der Waals surface area (Å²) in [6, 6.07) is -0.846. The minimum atomic E-state index is -1.24. The number of aliphatic carboxylic acids is 1. The number of piperidine rings is 1. The summed E-state index contributed by atoms with van der Waals surface area (Å²) in [5.41, 5.74) is -0.439. The zero-order valence-corrected chi connectivity index (χ0v) is 24.4. The van der Waals surface area contributed by atoms with E-state index in [9.17, 15) is 24.0 Å². The van der Waals surface area contributed by atoms with Crippen LogP contribution in [0.4, 0.5) is 0 Å². The zero-order chi connectivity index (χ0) is 30.7. The van der Waals surface area contributed by atoms with Gasteiger partial charge in [-0.1, -0.05) is 32.4 Å². The normalized spacial score (nSPS) is 15.6. The monoisotopic (exact) mass is 587 g/mol. The van der Waals surface area contributed by atoms with Crippen molar-refractivity contribution < 1.29 is 24.3 Å². The van der Waals surface area contributed by atoms with Crippen LogP contribution in [0.5, 0.6) is 0 Å². The number of unbranched alkanes of at least 4 members (excludes halogenated alkanes) is 2. The Morgan fingerprint density at radius 2 is 1.88 bits per heavy atom. The van der Waals surface area contributed by atoms with Gasteiger partial charge >= 0.3 is 11.7 Å². The average Bonchev–Trinajstić information content (AvgIpc) is 3.43. The summed E-state index contributed by atoms with van der Waals surface area (Å²) in [7, 11) is 0. The predicted molar refractivity (Wildman–Crippen MR) is 152 cm³/mol. The average molecular weight is 588 g/mol. The highest BCUT2D eigenvalue weighted by molar-refractivity contribution is 5.95. The number of aromatic amines is 1. The summed E-state index contributed by atoms with van der Waals surface area (Å²) < 4.78 is 1.69. The van der Waals surface area contributed by atoms with E-state index in [-0.39, 0.29) is 18.2 Å². The van der Waals surface area contributed by atoms with Gasteiger partial charge in [0.1, 0.15) is 23.8 Å². The smallest absolute Gasteiger partial charge is 0.344 e. The SMILES string of the molecule is CCN1CCC(NC(=O)[C@@H](NC(=O)CCCCCn2cc(-c3cnc(=O)[nH]c3)nn2)C(C)C)(C(=O)NCC(=O)O)CC1. The van der Waals surface area contributed by atoms with Crippen molar-refractivity contribution in [2.45, 2.75) is 77.4 Å². The van der Waals surface area contributed by atoms with Gasteiger partial charge in [0, 0.05) is 44.0 Å². The Kier molecular flexibility index (Phi) is 11.7. The molecule has 5 N–H and O–H groups in total. The van der Waals surface area contributed by atoms with E-state index in [4.69, 9.17) is 5.11 Å². The Morgan fingerprint density at radius 3 is 2.50 bits per heavy atom. The quantitative estimate of drug-likeness (QED) is 0.175. The molecule has 230 valence electrons. The van der Waals surface area contributed by atoms with Crippen LogP contribution < -0.4 is 21.6 Å². The summed E-state index contributed by atoms with van der Waals surface area (Å²) in [6.07, 6.45) is 7.75. The zero-order valence-electron chi connectivity index (χ0n) is 24.4. The van der Waals surface area contributed by atoms with E-state index in [1.54, 1.807) is 10.9 Å². The lowest BCUT2D eigenvalue weighted by atomic mass is 9.85. The molecule has 3 amide bonds. The molecule has 2 aromatic heterocycles. The van der Waals surface area contributed by atoms with Crippen molar-refractivity contribution in [2.24, 2.45) is 5.92 Å². The summed E-state index contributed by atoms with van der Waals surface area (Å²) in [6.45, 7) is 7.67. The minimum absolute atomic E-state index is 0.233. The molecule has 1 aliphatic heterocycles. The molecular weight excluding hydrogens is 546 g/mol. The Bertz CT molecular complexity index is 1260. The molecule has 0 unspecified atom stereocenters. The Balaban J connectivity index is 1.48. The molecule has 1 aliphatic rings. The second kappa shape index (κ2) is 15.2. The lowest BCUT2D eigenvalue weighted by Gasteiger charge is -2.41. The van der Waals surface area contributed by atoms with Crippen molar-refractivity contribution >= 4 is 23.7 Å². The number of nitrogens with zero attached hydrogens (tertiary/aromatic N) is 5. The van der Waals surface area contributed by atoms with Crippen LogP contribution in [0, 0.1) is 5.92 Å². The van der Waals surface area contributed by atoms with E-state index >= 15 is 0 Å². The third-order valence-electron chi connectivity index (χ3n) is 7.42. The number of carbonyl (C=O) groups is 4. The maximum absolute atomic E-state index is 13.4. The Hall–Kier alpha value is -4.14. The van der Waals surface area contributed by atoms with Gasteiger partial charge in [-0.05, 0) is 38.1 Å². The number of carboxylic acids is 1. The number of aryl methyl sites for hydroxylation is 1. The lowest BCUT2D eigenvalue weighted by Crippen LogP contribution is -2.66. The molecule has 0 aromatic carbocycles. The molecule has 3 heterocycles. The lowest BCUT2D eigenvalue weighted by molar-refractivity contribution is -0.141. The van der Waals surface area contributed by atoms with Gasteiger partial charge in [-0.2, -0.15) is 0 Å². The van der Waals surface area contributed by atoms with Crippen LogP contribution in [0.1, 0.15) is 59.3 Å². The van der Waals surface area contributed by atoms with Crippen LogP contribution in [0.2, 0.25) is 0 Å². The van der Waals surface area contributed by atoms with E-state index in [1.807, 2.05) is 20.8 Å². The number of likely N-dealkylation sites (tertiary alicyclic amines) is 1. The van der Waals surface area contributed by atoms with Gasteiger partial charge in [-0.3, -0.25) is 23.9 Å². The van der Waals surface area contributed by atoms with Crippen LogP contribution in [-0.2, 0) is 25.7 Å². The van der Waals surface area contributed by atoms with Gasteiger partial charge in [0.05, 0.1) is 6.20 Å². The fourth-order valence-electron chi connectivity index (χ4n) is 4.84. The van der Waals surface area contributed by atoms with Crippen molar-refractivity contribution in [3.8, 4) is 11.3 Å². The number of amides is 3. The van der Waals surface area contributed by atoms with Crippen molar-refractivity contribution in [3.63, 3.8) is 0 Å². The third kappa shape index (κ3) is 9.19. The number of hydrogen-bond acceptors (Lipinski definition) is 9. The van der Waals surface area contributed by atoms with Crippen LogP contribution >= 0.6 is 0 Å². The first-order valence-corrected chi connectivity index (χ1v) is 14.3. The van der Waals surface area contributed by atoms with Gasteiger partial charge in [0.2, 0.25) is 17.7 Å². The molecule has 15 heteroatoms. The summed E-state index contributed by atoms with van der Waals surface area (Å²) >= 11 is 0. The fourth-order valence-corrected chi connectivity index (χ4v) is 4.84. The molecule has 0 spiro atoms. The van der Waals surface area contributed by atoms with Crippen molar-refractivity contribution in [2.75, 3.05) is 26.2 Å². The Morgan fingerprint density at radius 1 is 1.14 bits per heavy atom. The topological polar surface area (TPSA) is 204 Å².